The smallest absolute Gasteiger partial charge is 0.259 e. The standard InChI is InChI=1S/C31H33N3O4/c1-19-11-13-22(33-30(36)24-15-21(31(2,3)4)16-25(32)29(24)37-5)17-23(19)26-18-28(38-34-26)27(35)14-12-20-9-7-6-8-10-20/h6-11,13,15-18H,12,14,32H2,1-5H3,(H,33,36). The second kappa shape index (κ2) is 10.9. The Bertz CT molecular complexity index is 1470. The van der Waals surface area contributed by atoms with Gasteiger partial charge in [-0.3, -0.25) is 9.59 Å². The molecule has 0 saturated heterocycles. The number of aryl methyl sites for hydroxylation is 2. The van der Waals surface area contributed by atoms with Gasteiger partial charge in [0.15, 0.2) is 5.75 Å². The number of ether oxygens (including phenoxy) is 1. The number of nitrogen functional groups attached to an aromatic ring is 1. The first-order valence-corrected chi connectivity index (χ1v) is 12.5. The normalized spacial score (nSPS) is 11.3. The lowest BCUT2D eigenvalue weighted by molar-refractivity contribution is 0.0946. The SMILES string of the molecule is COc1c(N)cc(C(C)(C)C)cc1C(=O)Nc1ccc(C)c(-c2cc(C(=O)CCc3ccccc3)on2)c1. The molecule has 0 aliphatic heterocycles. The Morgan fingerprint density at radius 3 is 2.45 bits per heavy atom. The number of amides is 1. The molecule has 196 valence electrons. The van der Waals surface area contributed by atoms with Gasteiger partial charge in [-0.25, -0.2) is 0 Å². The number of nitrogens with one attached hydrogen (secondary N) is 1. The fraction of sp³-hybridized carbons (Fsp3) is 0.258. The van der Waals surface area contributed by atoms with E-state index in [1.54, 1.807) is 6.07 Å². The Balaban J connectivity index is 1.55. The van der Waals surface area contributed by atoms with Gasteiger partial charge >= 0.3 is 0 Å². The molecule has 1 heterocycles. The fourth-order valence-electron chi connectivity index (χ4n) is 4.21. The van der Waals surface area contributed by atoms with Crippen molar-refractivity contribution < 1.29 is 18.8 Å². The molecule has 7 nitrogen and oxygen atoms in total. The highest BCUT2D eigenvalue weighted by Crippen LogP contribution is 2.34. The van der Waals surface area contributed by atoms with Gasteiger partial charge in [-0.1, -0.05) is 62.3 Å². The summed E-state index contributed by atoms with van der Waals surface area (Å²) in [4.78, 5) is 26.0. The number of rotatable bonds is 8. The minimum atomic E-state index is -0.341. The van der Waals surface area contributed by atoms with Crippen LogP contribution in [-0.2, 0) is 11.8 Å². The molecule has 4 aromatic rings. The second-order valence-electron chi connectivity index (χ2n) is 10.4. The van der Waals surface area contributed by atoms with Crippen LogP contribution in [0.2, 0.25) is 0 Å². The molecule has 38 heavy (non-hydrogen) atoms. The van der Waals surface area contributed by atoms with Crippen LogP contribution in [0.15, 0.2) is 71.3 Å². The van der Waals surface area contributed by atoms with E-state index in [1.165, 1.54) is 7.11 Å². The number of ketones is 1. The molecule has 3 N–H and O–H groups in total. The summed E-state index contributed by atoms with van der Waals surface area (Å²) in [5.41, 5.74) is 11.6. The molecule has 0 fully saturated rings. The van der Waals surface area contributed by atoms with Crippen LogP contribution in [-0.4, -0.2) is 24.0 Å². The monoisotopic (exact) mass is 511 g/mol. The van der Waals surface area contributed by atoms with Crippen LogP contribution in [0, 0.1) is 6.92 Å². The molecule has 0 atom stereocenters. The van der Waals surface area contributed by atoms with Crippen molar-refractivity contribution in [1.82, 2.24) is 5.16 Å². The minimum Gasteiger partial charge on any atom is -0.494 e. The molecule has 0 aliphatic rings. The van der Waals surface area contributed by atoms with Gasteiger partial charge in [-0.2, -0.15) is 0 Å². The highest BCUT2D eigenvalue weighted by Gasteiger charge is 2.23. The second-order valence-corrected chi connectivity index (χ2v) is 10.4. The van der Waals surface area contributed by atoms with E-state index in [2.05, 4.69) is 31.2 Å². The summed E-state index contributed by atoms with van der Waals surface area (Å²) in [5, 5.41) is 7.08. The van der Waals surface area contributed by atoms with Gasteiger partial charge in [0.1, 0.15) is 5.69 Å². The summed E-state index contributed by atoms with van der Waals surface area (Å²) in [6.07, 6.45) is 0.951. The number of aromatic nitrogens is 1. The van der Waals surface area contributed by atoms with E-state index < -0.39 is 0 Å². The van der Waals surface area contributed by atoms with Gasteiger partial charge in [-0.05, 0) is 59.7 Å². The largest absolute Gasteiger partial charge is 0.494 e. The van der Waals surface area contributed by atoms with Crippen molar-refractivity contribution in [3.8, 4) is 17.0 Å². The van der Waals surface area contributed by atoms with Crippen molar-refractivity contribution in [2.24, 2.45) is 0 Å². The Morgan fingerprint density at radius 2 is 1.76 bits per heavy atom. The highest BCUT2D eigenvalue weighted by atomic mass is 16.5. The lowest BCUT2D eigenvalue weighted by Crippen LogP contribution is -2.18. The van der Waals surface area contributed by atoms with E-state index >= 15 is 0 Å². The first kappa shape index (κ1) is 26.7. The quantitative estimate of drug-likeness (QED) is 0.204. The number of nitrogens with two attached hydrogens (primary N) is 1. The molecule has 1 amide bonds. The third kappa shape index (κ3) is 5.94. The average Bonchev–Trinajstić information content (AvgIpc) is 3.38. The summed E-state index contributed by atoms with van der Waals surface area (Å²) in [7, 11) is 1.49. The van der Waals surface area contributed by atoms with Crippen LogP contribution in [0.5, 0.6) is 5.75 Å². The highest BCUT2D eigenvalue weighted by molar-refractivity contribution is 6.07. The number of nitrogens with zero attached hydrogens (tertiary/aromatic N) is 1. The van der Waals surface area contributed by atoms with E-state index in [4.69, 9.17) is 15.0 Å². The molecule has 0 radical (unpaired) electrons. The van der Waals surface area contributed by atoms with Gasteiger partial charge in [0.05, 0.1) is 18.4 Å². The third-order valence-corrected chi connectivity index (χ3v) is 6.47. The molecule has 7 heteroatoms. The fourth-order valence-corrected chi connectivity index (χ4v) is 4.21. The molecular formula is C31H33N3O4. The van der Waals surface area contributed by atoms with Gasteiger partial charge in [0.25, 0.3) is 5.91 Å². The van der Waals surface area contributed by atoms with Crippen LogP contribution in [0.1, 0.15) is 64.8 Å². The summed E-state index contributed by atoms with van der Waals surface area (Å²) in [6, 6.07) is 20.6. The van der Waals surface area contributed by atoms with Crippen molar-refractivity contribution >= 4 is 23.1 Å². The Kier molecular flexibility index (Phi) is 7.67. The van der Waals surface area contributed by atoms with Gasteiger partial charge < -0.3 is 20.3 Å². The molecule has 0 unspecified atom stereocenters. The van der Waals surface area contributed by atoms with E-state index in [9.17, 15) is 9.59 Å². The van der Waals surface area contributed by atoms with Crippen LogP contribution in [0.3, 0.4) is 0 Å². The first-order chi connectivity index (χ1) is 18.1. The predicted octanol–water partition coefficient (Wildman–Crippen LogP) is 6.61. The zero-order valence-electron chi connectivity index (χ0n) is 22.4. The number of hydrogen-bond donors (Lipinski definition) is 2. The summed E-state index contributed by atoms with van der Waals surface area (Å²) >= 11 is 0. The number of benzene rings is 3. The van der Waals surface area contributed by atoms with Crippen LogP contribution < -0.4 is 15.8 Å². The number of carbonyl (C=O) groups excluding carboxylic acids is 2. The Labute approximate surface area is 223 Å². The predicted molar refractivity (Wildman–Crippen MR) is 150 cm³/mol. The molecule has 3 aromatic carbocycles. The zero-order valence-corrected chi connectivity index (χ0v) is 22.4. The van der Waals surface area contributed by atoms with Crippen molar-refractivity contribution in [3.05, 3.63) is 94.7 Å². The lowest BCUT2D eigenvalue weighted by Gasteiger charge is -2.22. The number of hydrogen-bond acceptors (Lipinski definition) is 6. The maximum absolute atomic E-state index is 13.3. The van der Waals surface area contributed by atoms with Gasteiger partial charge in [0, 0.05) is 23.7 Å². The number of Topliss-reactive ketones (excluding diaryl/α,β-unsaturated/α-hetero) is 1. The Morgan fingerprint density at radius 1 is 1.03 bits per heavy atom. The topological polar surface area (TPSA) is 107 Å². The van der Waals surface area contributed by atoms with Gasteiger partial charge in [-0.15, -0.1) is 0 Å². The average molecular weight is 512 g/mol. The van der Waals surface area contributed by atoms with E-state index in [-0.39, 0.29) is 22.9 Å². The summed E-state index contributed by atoms with van der Waals surface area (Å²) in [6.45, 7) is 8.10. The van der Waals surface area contributed by atoms with Crippen LogP contribution in [0.4, 0.5) is 11.4 Å². The maximum atomic E-state index is 13.3. The molecule has 0 saturated carbocycles. The van der Waals surface area contributed by atoms with Crippen LogP contribution >= 0.6 is 0 Å². The van der Waals surface area contributed by atoms with E-state index in [0.717, 1.165) is 22.3 Å². The molecule has 0 bridgehead atoms. The van der Waals surface area contributed by atoms with E-state index in [1.807, 2.05) is 67.6 Å². The minimum absolute atomic E-state index is 0.113. The number of anilines is 2. The van der Waals surface area contributed by atoms with Gasteiger partial charge in [0.2, 0.25) is 11.5 Å². The van der Waals surface area contributed by atoms with Crippen molar-refractivity contribution in [3.63, 3.8) is 0 Å². The third-order valence-electron chi connectivity index (χ3n) is 6.47. The number of carbonyl (C=O) groups is 2. The number of methoxy groups -OCH3 is 1. The lowest BCUT2D eigenvalue weighted by atomic mass is 9.85. The maximum Gasteiger partial charge on any atom is 0.259 e. The Hall–Kier alpha value is -4.39. The molecule has 4 rings (SSSR count). The first-order valence-electron chi connectivity index (χ1n) is 12.5. The summed E-state index contributed by atoms with van der Waals surface area (Å²) in [5.74, 6) is 0.0893. The van der Waals surface area contributed by atoms with E-state index in [0.29, 0.717) is 41.2 Å². The molecule has 1 aromatic heterocycles. The molecular weight excluding hydrogens is 478 g/mol. The molecule has 0 spiro atoms. The van der Waals surface area contributed by atoms with Crippen molar-refractivity contribution in [2.75, 3.05) is 18.2 Å². The summed E-state index contributed by atoms with van der Waals surface area (Å²) < 4.78 is 10.8. The van der Waals surface area contributed by atoms with Crippen molar-refractivity contribution in [1.29, 1.82) is 0 Å². The van der Waals surface area contributed by atoms with Crippen LogP contribution in [0.25, 0.3) is 11.3 Å². The van der Waals surface area contributed by atoms with Crippen molar-refractivity contribution in [2.45, 2.75) is 46.0 Å². The zero-order chi connectivity index (χ0) is 27.4. The molecule has 0 aliphatic carbocycles.